The number of hydrogen-bond acceptors (Lipinski definition) is 3. The lowest BCUT2D eigenvalue weighted by Gasteiger charge is -2.08. The van der Waals surface area contributed by atoms with Crippen LogP contribution in [0.4, 0.5) is 0 Å². The highest BCUT2D eigenvalue weighted by atomic mass is 16.5. The molecule has 3 nitrogen and oxygen atoms in total. The second kappa shape index (κ2) is 3.17. The van der Waals surface area contributed by atoms with Crippen molar-refractivity contribution in [2.24, 2.45) is 5.18 Å². The second-order valence-electron chi connectivity index (χ2n) is 3.19. The lowest BCUT2D eigenvalue weighted by atomic mass is 10.1. The van der Waals surface area contributed by atoms with Gasteiger partial charge in [-0.2, -0.15) is 4.91 Å². The first-order chi connectivity index (χ1) is 6.36. The van der Waals surface area contributed by atoms with Crippen LogP contribution in [0.25, 0.3) is 0 Å². The van der Waals surface area contributed by atoms with E-state index >= 15 is 0 Å². The quantitative estimate of drug-likeness (QED) is 0.651. The largest absolute Gasteiger partial charge is 0.496 e. The number of aryl methyl sites for hydroxylation is 1. The predicted octanol–water partition coefficient (Wildman–Crippen LogP) is 2.45. The summed E-state index contributed by atoms with van der Waals surface area (Å²) in [5.74, 6) is 0.791. The fraction of sp³-hybridized carbons (Fsp3) is 0.400. The van der Waals surface area contributed by atoms with Crippen molar-refractivity contribution in [1.82, 2.24) is 0 Å². The normalized spacial score (nSPS) is 19.6. The van der Waals surface area contributed by atoms with Crippen molar-refractivity contribution in [2.75, 3.05) is 7.11 Å². The van der Waals surface area contributed by atoms with Gasteiger partial charge in [0.05, 0.1) is 7.11 Å². The Kier molecular flexibility index (Phi) is 2.00. The molecule has 2 rings (SSSR count). The molecule has 1 atom stereocenters. The molecule has 0 saturated carbocycles. The molecule has 0 heterocycles. The molecule has 1 aromatic rings. The molecular weight excluding hydrogens is 166 g/mol. The predicted molar refractivity (Wildman–Crippen MR) is 49.9 cm³/mol. The van der Waals surface area contributed by atoms with Crippen LogP contribution in [0.5, 0.6) is 5.75 Å². The zero-order chi connectivity index (χ0) is 9.26. The zero-order valence-corrected chi connectivity index (χ0v) is 7.49. The molecular formula is C10H11NO2. The number of ether oxygens (including phenoxy) is 1. The molecule has 1 unspecified atom stereocenters. The Morgan fingerprint density at radius 1 is 1.54 bits per heavy atom. The van der Waals surface area contributed by atoms with E-state index < -0.39 is 0 Å². The minimum atomic E-state index is -0.203. The molecule has 0 radical (unpaired) electrons. The van der Waals surface area contributed by atoms with E-state index in [1.807, 2.05) is 18.2 Å². The van der Waals surface area contributed by atoms with Crippen LogP contribution in [-0.2, 0) is 6.42 Å². The number of rotatable bonds is 2. The van der Waals surface area contributed by atoms with Crippen molar-refractivity contribution < 1.29 is 4.74 Å². The first-order valence-corrected chi connectivity index (χ1v) is 4.35. The van der Waals surface area contributed by atoms with E-state index in [1.54, 1.807) is 7.11 Å². The molecule has 0 amide bonds. The Bertz CT molecular complexity index is 336. The van der Waals surface area contributed by atoms with Crippen LogP contribution in [-0.4, -0.2) is 7.11 Å². The van der Waals surface area contributed by atoms with Crippen molar-refractivity contribution in [1.29, 1.82) is 0 Å². The number of hydrogen-bond donors (Lipinski definition) is 0. The maximum absolute atomic E-state index is 10.5. The van der Waals surface area contributed by atoms with Crippen LogP contribution >= 0.6 is 0 Å². The van der Waals surface area contributed by atoms with Crippen LogP contribution in [0.15, 0.2) is 23.4 Å². The maximum atomic E-state index is 10.5. The summed E-state index contributed by atoms with van der Waals surface area (Å²) in [7, 11) is 1.62. The van der Waals surface area contributed by atoms with Crippen LogP contribution in [0.3, 0.4) is 0 Å². The molecule has 0 aliphatic heterocycles. The Labute approximate surface area is 76.7 Å². The lowest BCUT2D eigenvalue weighted by Crippen LogP contribution is -1.93. The Morgan fingerprint density at radius 2 is 2.38 bits per heavy atom. The van der Waals surface area contributed by atoms with Crippen molar-refractivity contribution in [3.8, 4) is 5.75 Å². The summed E-state index contributed by atoms with van der Waals surface area (Å²) < 4.78 is 5.19. The van der Waals surface area contributed by atoms with E-state index in [4.69, 9.17) is 4.74 Å². The fourth-order valence-electron chi connectivity index (χ4n) is 1.91. The summed E-state index contributed by atoms with van der Waals surface area (Å²) in [4.78, 5) is 10.5. The van der Waals surface area contributed by atoms with Gasteiger partial charge in [0.1, 0.15) is 11.8 Å². The van der Waals surface area contributed by atoms with Crippen LogP contribution in [0.2, 0.25) is 0 Å². The van der Waals surface area contributed by atoms with Crippen molar-refractivity contribution >= 4 is 0 Å². The Balaban J connectivity index is 2.52. The second-order valence-corrected chi connectivity index (χ2v) is 3.19. The van der Waals surface area contributed by atoms with E-state index in [2.05, 4.69) is 5.18 Å². The monoisotopic (exact) mass is 177 g/mol. The zero-order valence-electron chi connectivity index (χ0n) is 7.49. The molecule has 0 bridgehead atoms. The molecule has 68 valence electrons. The van der Waals surface area contributed by atoms with Gasteiger partial charge in [0.15, 0.2) is 0 Å². The van der Waals surface area contributed by atoms with E-state index in [0.29, 0.717) is 0 Å². The van der Waals surface area contributed by atoms with Gasteiger partial charge in [-0.15, -0.1) is 0 Å². The smallest absolute Gasteiger partial charge is 0.124 e. The average Bonchev–Trinajstić information content (AvgIpc) is 2.60. The first kappa shape index (κ1) is 8.23. The fourth-order valence-corrected chi connectivity index (χ4v) is 1.91. The Morgan fingerprint density at radius 3 is 3.08 bits per heavy atom. The molecule has 0 saturated heterocycles. The van der Waals surface area contributed by atoms with Gasteiger partial charge in [0, 0.05) is 5.56 Å². The van der Waals surface area contributed by atoms with Crippen molar-refractivity contribution in [3.63, 3.8) is 0 Å². The topological polar surface area (TPSA) is 38.7 Å². The minimum absolute atomic E-state index is 0.203. The molecule has 3 heteroatoms. The van der Waals surface area contributed by atoms with Crippen molar-refractivity contribution in [2.45, 2.75) is 18.9 Å². The summed E-state index contributed by atoms with van der Waals surface area (Å²) in [6.07, 6.45) is 1.75. The molecule has 0 N–H and O–H groups in total. The van der Waals surface area contributed by atoms with Crippen LogP contribution in [0, 0.1) is 4.91 Å². The average molecular weight is 177 g/mol. The Hall–Kier alpha value is -1.38. The van der Waals surface area contributed by atoms with Crippen LogP contribution in [0.1, 0.15) is 23.6 Å². The van der Waals surface area contributed by atoms with Gasteiger partial charge in [0.25, 0.3) is 0 Å². The molecule has 1 aliphatic carbocycles. The van der Waals surface area contributed by atoms with E-state index in [1.165, 1.54) is 5.56 Å². The summed E-state index contributed by atoms with van der Waals surface area (Å²) in [5.41, 5.74) is 2.18. The van der Waals surface area contributed by atoms with E-state index in [-0.39, 0.29) is 6.04 Å². The molecule has 0 spiro atoms. The summed E-state index contributed by atoms with van der Waals surface area (Å²) in [6, 6.07) is 5.65. The van der Waals surface area contributed by atoms with Gasteiger partial charge in [-0.05, 0) is 24.5 Å². The molecule has 1 aromatic carbocycles. The minimum Gasteiger partial charge on any atom is -0.496 e. The number of methoxy groups -OCH3 is 1. The molecule has 0 aromatic heterocycles. The number of nitroso groups, excluding NO2 is 1. The SMILES string of the molecule is COc1cccc2c1C(N=O)CC2. The number of nitrogens with zero attached hydrogens (tertiary/aromatic N) is 1. The van der Waals surface area contributed by atoms with Gasteiger partial charge in [-0.3, -0.25) is 0 Å². The van der Waals surface area contributed by atoms with E-state index in [9.17, 15) is 4.91 Å². The van der Waals surface area contributed by atoms with Gasteiger partial charge in [0.2, 0.25) is 0 Å². The molecule has 13 heavy (non-hydrogen) atoms. The van der Waals surface area contributed by atoms with Gasteiger partial charge in [-0.1, -0.05) is 17.3 Å². The van der Waals surface area contributed by atoms with Gasteiger partial charge in [-0.25, -0.2) is 0 Å². The highest BCUT2D eigenvalue weighted by molar-refractivity contribution is 5.45. The van der Waals surface area contributed by atoms with E-state index in [0.717, 1.165) is 24.2 Å². The summed E-state index contributed by atoms with van der Waals surface area (Å²) in [5, 5.41) is 3.11. The third-order valence-electron chi connectivity index (χ3n) is 2.52. The first-order valence-electron chi connectivity index (χ1n) is 4.35. The highest BCUT2D eigenvalue weighted by Crippen LogP contribution is 2.39. The molecule has 1 aliphatic rings. The third kappa shape index (κ3) is 1.20. The number of fused-ring (bicyclic) bond motifs is 1. The highest BCUT2D eigenvalue weighted by Gasteiger charge is 2.26. The lowest BCUT2D eigenvalue weighted by molar-refractivity contribution is 0.407. The third-order valence-corrected chi connectivity index (χ3v) is 2.52. The van der Waals surface area contributed by atoms with Gasteiger partial charge < -0.3 is 4.74 Å². The standard InChI is InChI=1S/C10H11NO2/c1-13-9-4-2-3-7-5-6-8(11-12)10(7)9/h2-4,8H,5-6H2,1H3. The van der Waals surface area contributed by atoms with Crippen molar-refractivity contribution in [3.05, 3.63) is 34.2 Å². The summed E-state index contributed by atoms with van der Waals surface area (Å²) >= 11 is 0. The summed E-state index contributed by atoms with van der Waals surface area (Å²) in [6.45, 7) is 0. The maximum Gasteiger partial charge on any atom is 0.124 e. The van der Waals surface area contributed by atoms with Crippen LogP contribution < -0.4 is 4.74 Å². The molecule has 0 fully saturated rings. The number of benzene rings is 1. The van der Waals surface area contributed by atoms with Gasteiger partial charge >= 0.3 is 0 Å².